The Balaban J connectivity index is 2.30. The Hall–Kier alpha value is -1.00. The second kappa shape index (κ2) is 6.48. The van der Waals surface area contributed by atoms with E-state index in [4.69, 9.17) is 0 Å². The predicted octanol–water partition coefficient (Wildman–Crippen LogP) is 4.72. The van der Waals surface area contributed by atoms with Crippen LogP contribution >= 0.6 is 22.6 Å². The third-order valence-corrected chi connectivity index (χ3v) is 4.36. The minimum Gasteiger partial charge on any atom is -0.338 e. The second-order valence-corrected chi connectivity index (χ2v) is 6.57. The first-order chi connectivity index (χ1) is 10.5. The fraction of sp³-hybridized carbons (Fsp3) is 0.500. The summed E-state index contributed by atoms with van der Waals surface area (Å²) in [7, 11) is 0. The fourth-order valence-electron chi connectivity index (χ4n) is 2.54. The van der Waals surface area contributed by atoms with Gasteiger partial charge in [-0.1, -0.05) is 0 Å². The molecule has 1 unspecified atom stereocenters. The van der Waals surface area contributed by atoms with Gasteiger partial charge in [-0.25, -0.2) is 0 Å². The number of piperidine rings is 1. The van der Waals surface area contributed by atoms with Crippen LogP contribution in [0.1, 0.15) is 28.8 Å². The highest BCUT2D eigenvalue weighted by Crippen LogP contribution is 2.36. The van der Waals surface area contributed by atoms with Gasteiger partial charge >= 0.3 is 12.4 Å². The van der Waals surface area contributed by atoms with E-state index < -0.39 is 41.8 Å². The number of carbonyl (C=O) groups excluding carboxylic acids is 1. The summed E-state index contributed by atoms with van der Waals surface area (Å²) in [6.45, 7) is -0.583. The molecule has 1 aliphatic rings. The van der Waals surface area contributed by atoms with E-state index in [0.29, 0.717) is 3.57 Å². The minimum atomic E-state index is -4.74. The van der Waals surface area contributed by atoms with Crippen molar-refractivity contribution in [2.75, 3.05) is 13.1 Å². The molecular formula is C14H12F6INO. The smallest absolute Gasteiger partial charge is 0.338 e. The number of carbonyl (C=O) groups is 1. The van der Waals surface area contributed by atoms with E-state index in [-0.39, 0.29) is 19.4 Å². The molecule has 1 aromatic rings. The number of hydrogen-bond donors (Lipinski definition) is 0. The number of benzene rings is 1. The lowest BCUT2D eigenvalue weighted by atomic mass is 9.96. The van der Waals surface area contributed by atoms with Crippen molar-refractivity contribution in [2.24, 2.45) is 5.92 Å². The summed E-state index contributed by atoms with van der Waals surface area (Å²) in [6, 6.07) is 3.16. The van der Waals surface area contributed by atoms with Crippen molar-refractivity contribution in [3.05, 3.63) is 32.9 Å². The monoisotopic (exact) mass is 451 g/mol. The van der Waals surface area contributed by atoms with Gasteiger partial charge < -0.3 is 4.90 Å². The number of halogens is 7. The molecule has 1 aromatic carbocycles. The molecular weight excluding hydrogens is 439 g/mol. The molecule has 0 N–H and O–H groups in total. The van der Waals surface area contributed by atoms with Crippen LogP contribution in [0, 0.1) is 9.49 Å². The predicted molar refractivity (Wildman–Crippen MR) is 78.8 cm³/mol. The zero-order valence-electron chi connectivity index (χ0n) is 11.6. The van der Waals surface area contributed by atoms with Crippen LogP contribution in [0.3, 0.4) is 0 Å². The van der Waals surface area contributed by atoms with Crippen LogP contribution < -0.4 is 0 Å². The standard InChI is InChI=1S/C14H12F6INO/c15-13(16,17)8-2-1-5-22(7-8)12(23)10-4-3-9(21)6-11(10)14(18,19)20/h3-4,6,8H,1-2,5,7H2. The van der Waals surface area contributed by atoms with Crippen LogP contribution in [0.15, 0.2) is 18.2 Å². The lowest BCUT2D eigenvalue weighted by Gasteiger charge is -2.34. The number of rotatable bonds is 1. The first-order valence-corrected chi connectivity index (χ1v) is 7.81. The third-order valence-electron chi connectivity index (χ3n) is 3.69. The van der Waals surface area contributed by atoms with Gasteiger partial charge in [0.2, 0.25) is 0 Å². The molecule has 0 radical (unpaired) electrons. The highest BCUT2D eigenvalue weighted by molar-refractivity contribution is 14.1. The Bertz CT molecular complexity index is 598. The zero-order chi connectivity index (χ0) is 17.4. The van der Waals surface area contributed by atoms with Crippen LogP contribution in [0.2, 0.25) is 0 Å². The molecule has 2 rings (SSSR count). The molecule has 23 heavy (non-hydrogen) atoms. The summed E-state index contributed by atoms with van der Waals surface area (Å²) in [5.74, 6) is -2.71. The van der Waals surface area contributed by atoms with Gasteiger partial charge in [0.05, 0.1) is 17.0 Å². The lowest BCUT2D eigenvalue weighted by Crippen LogP contribution is -2.45. The summed E-state index contributed by atoms with van der Waals surface area (Å²) < 4.78 is 77.8. The van der Waals surface area contributed by atoms with E-state index >= 15 is 0 Å². The molecule has 1 atom stereocenters. The maximum Gasteiger partial charge on any atom is 0.417 e. The van der Waals surface area contributed by atoms with Crippen LogP contribution in [0.4, 0.5) is 26.3 Å². The molecule has 2 nitrogen and oxygen atoms in total. The van der Waals surface area contributed by atoms with Gasteiger partial charge in [0.15, 0.2) is 0 Å². The number of hydrogen-bond acceptors (Lipinski definition) is 1. The normalized spacial score (nSPS) is 19.8. The average Bonchev–Trinajstić information content (AvgIpc) is 2.45. The molecule has 128 valence electrons. The molecule has 1 fully saturated rings. The van der Waals surface area contributed by atoms with E-state index in [0.717, 1.165) is 17.0 Å². The van der Waals surface area contributed by atoms with Crippen molar-refractivity contribution in [3.63, 3.8) is 0 Å². The summed E-state index contributed by atoms with van der Waals surface area (Å²) in [5, 5.41) is 0. The van der Waals surface area contributed by atoms with Gasteiger partial charge in [-0.2, -0.15) is 26.3 Å². The zero-order valence-corrected chi connectivity index (χ0v) is 13.8. The van der Waals surface area contributed by atoms with Gasteiger partial charge in [0.25, 0.3) is 5.91 Å². The third kappa shape index (κ3) is 4.30. The Labute approximate surface area is 142 Å². The van der Waals surface area contributed by atoms with E-state index in [2.05, 4.69) is 0 Å². The van der Waals surface area contributed by atoms with Gasteiger partial charge in [-0.15, -0.1) is 0 Å². The Morgan fingerprint density at radius 3 is 2.39 bits per heavy atom. The van der Waals surface area contributed by atoms with Crippen molar-refractivity contribution in [3.8, 4) is 0 Å². The molecule has 1 saturated heterocycles. The molecule has 0 bridgehead atoms. The first kappa shape index (κ1) is 18.3. The van der Waals surface area contributed by atoms with E-state index in [1.165, 1.54) is 6.07 Å². The molecule has 0 spiro atoms. The minimum absolute atomic E-state index is 0.0225. The number of nitrogens with zero attached hydrogens (tertiary/aromatic N) is 1. The topological polar surface area (TPSA) is 20.3 Å². The van der Waals surface area contributed by atoms with Crippen molar-refractivity contribution < 1.29 is 31.1 Å². The summed E-state index contributed by atoms with van der Waals surface area (Å²) in [5.41, 5.74) is -1.73. The van der Waals surface area contributed by atoms with Gasteiger partial charge in [-0.05, 0) is 53.6 Å². The molecule has 1 heterocycles. The maximum absolute atomic E-state index is 13.1. The molecule has 0 aromatic heterocycles. The van der Waals surface area contributed by atoms with Crippen LogP contribution in [0.5, 0.6) is 0 Å². The van der Waals surface area contributed by atoms with Crippen molar-refractivity contribution in [1.29, 1.82) is 0 Å². The van der Waals surface area contributed by atoms with Crippen molar-refractivity contribution in [2.45, 2.75) is 25.2 Å². The fourth-order valence-corrected chi connectivity index (χ4v) is 3.03. The van der Waals surface area contributed by atoms with E-state index in [1.807, 2.05) is 0 Å². The molecule has 0 aliphatic carbocycles. The number of alkyl halides is 6. The van der Waals surface area contributed by atoms with Crippen molar-refractivity contribution in [1.82, 2.24) is 4.90 Å². The van der Waals surface area contributed by atoms with Crippen LogP contribution in [0.25, 0.3) is 0 Å². The van der Waals surface area contributed by atoms with Gasteiger partial charge in [-0.3, -0.25) is 4.79 Å². The largest absolute Gasteiger partial charge is 0.417 e. The van der Waals surface area contributed by atoms with Gasteiger partial charge in [0.1, 0.15) is 0 Å². The average molecular weight is 451 g/mol. The lowest BCUT2D eigenvalue weighted by molar-refractivity contribution is -0.184. The maximum atomic E-state index is 13.1. The summed E-state index contributed by atoms with van der Waals surface area (Å²) in [4.78, 5) is 13.2. The van der Waals surface area contributed by atoms with E-state index in [9.17, 15) is 31.1 Å². The van der Waals surface area contributed by atoms with Crippen molar-refractivity contribution >= 4 is 28.5 Å². The van der Waals surface area contributed by atoms with Gasteiger partial charge in [0, 0.05) is 16.7 Å². The van der Waals surface area contributed by atoms with Crippen LogP contribution in [-0.4, -0.2) is 30.1 Å². The summed E-state index contributed by atoms with van der Waals surface area (Å²) in [6.07, 6.45) is -9.21. The second-order valence-electron chi connectivity index (χ2n) is 5.32. The number of likely N-dealkylation sites (tertiary alicyclic amines) is 1. The molecule has 0 saturated carbocycles. The molecule has 1 amide bonds. The Morgan fingerprint density at radius 1 is 1.17 bits per heavy atom. The van der Waals surface area contributed by atoms with E-state index in [1.54, 1.807) is 22.6 Å². The molecule has 1 aliphatic heterocycles. The highest BCUT2D eigenvalue weighted by Gasteiger charge is 2.44. The Morgan fingerprint density at radius 2 is 1.83 bits per heavy atom. The number of amides is 1. The first-order valence-electron chi connectivity index (χ1n) is 6.73. The SMILES string of the molecule is O=C(c1ccc(I)cc1C(F)(F)F)N1CCCC(C(F)(F)F)C1. The molecule has 9 heteroatoms. The summed E-state index contributed by atoms with van der Waals surface area (Å²) >= 11 is 1.68. The van der Waals surface area contributed by atoms with Crippen LogP contribution in [-0.2, 0) is 6.18 Å². The Kier molecular flexibility index (Phi) is 5.17. The quantitative estimate of drug-likeness (QED) is 0.447. The highest BCUT2D eigenvalue weighted by atomic mass is 127.